The second-order valence-corrected chi connectivity index (χ2v) is 9.53. The standard InChI is InChI=1S/C28H44N4O6/c1-5-7-17-29-27(35)37-21(3)31(22(4)38-28(36)30-18-8-6-2)19-13-9-10-14-20-32-25(33)23-15-11-12-16-24(23)26(32)34/h11-12,15-16,21-22H,5-10,13-14,17-20H2,1-4H3,(H,29,35)(H,30,36). The highest BCUT2D eigenvalue weighted by atomic mass is 16.6. The van der Waals surface area contributed by atoms with Crippen LogP contribution in [0, 0.1) is 0 Å². The van der Waals surface area contributed by atoms with E-state index < -0.39 is 24.6 Å². The van der Waals surface area contributed by atoms with E-state index in [4.69, 9.17) is 9.47 Å². The van der Waals surface area contributed by atoms with Gasteiger partial charge in [0.15, 0.2) is 12.5 Å². The number of rotatable bonds is 17. The molecule has 0 fully saturated rings. The van der Waals surface area contributed by atoms with Crippen molar-refractivity contribution in [3.05, 3.63) is 35.4 Å². The number of amides is 4. The van der Waals surface area contributed by atoms with Gasteiger partial charge in [0.1, 0.15) is 0 Å². The molecular formula is C28H44N4O6. The highest BCUT2D eigenvalue weighted by Crippen LogP contribution is 2.23. The number of hydrogen-bond donors (Lipinski definition) is 2. The number of fused-ring (bicyclic) bond motifs is 1. The van der Waals surface area contributed by atoms with Crippen LogP contribution in [0.2, 0.25) is 0 Å². The maximum absolute atomic E-state index is 12.5. The van der Waals surface area contributed by atoms with E-state index in [-0.39, 0.29) is 11.8 Å². The molecule has 4 amide bonds. The zero-order valence-electron chi connectivity index (χ0n) is 23.3. The zero-order chi connectivity index (χ0) is 27.9. The largest absolute Gasteiger partial charge is 0.430 e. The van der Waals surface area contributed by atoms with Gasteiger partial charge in [-0.2, -0.15) is 0 Å². The number of nitrogens with zero attached hydrogens (tertiary/aromatic N) is 2. The van der Waals surface area contributed by atoms with E-state index in [0.29, 0.717) is 43.7 Å². The summed E-state index contributed by atoms with van der Waals surface area (Å²) in [6.45, 7) is 9.61. The Balaban J connectivity index is 1.82. The molecule has 1 aliphatic rings. The van der Waals surface area contributed by atoms with Gasteiger partial charge in [-0.15, -0.1) is 0 Å². The number of carbonyl (C=O) groups is 4. The first-order valence-electron chi connectivity index (χ1n) is 13.9. The van der Waals surface area contributed by atoms with Gasteiger partial charge in [-0.3, -0.25) is 14.5 Å². The van der Waals surface area contributed by atoms with Crippen molar-refractivity contribution in [3.63, 3.8) is 0 Å². The molecule has 0 aromatic heterocycles. The molecule has 10 nitrogen and oxygen atoms in total. The van der Waals surface area contributed by atoms with E-state index in [9.17, 15) is 19.2 Å². The van der Waals surface area contributed by atoms with E-state index in [0.717, 1.165) is 44.9 Å². The van der Waals surface area contributed by atoms with Crippen molar-refractivity contribution >= 4 is 24.0 Å². The first kappa shape index (κ1) is 31.1. The van der Waals surface area contributed by atoms with Gasteiger partial charge in [0, 0.05) is 26.2 Å². The third-order valence-corrected chi connectivity index (χ3v) is 6.51. The molecule has 1 aromatic rings. The molecule has 0 aliphatic carbocycles. The van der Waals surface area contributed by atoms with Crippen LogP contribution in [0.4, 0.5) is 9.59 Å². The van der Waals surface area contributed by atoms with Crippen molar-refractivity contribution in [2.45, 2.75) is 91.5 Å². The van der Waals surface area contributed by atoms with Crippen LogP contribution in [0.15, 0.2) is 24.3 Å². The summed E-state index contributed by atoms with van der Waals surface area (Å²) >= 11 is 0. The topological polar surface area (TPSA) is 117 Å². The van der Waals surface area contributed by atoms with E-state index >= 15 is 0 Å². The van der Waals surface area contributed by atoms with E-state index in [1.54, 1.807) is 38.1 Å². The molecule has 0 spiro atoms. The number of carbonyl (C=O) groups excluding carboxylic acids is 4. The summed E-state index contributed by atoms with van der Waals surface area (Å²) < 4.78 is 11.1. The molecule has 2 atom stereocenters. The highest BCUT2D eigenvalue weighted by molar-refractivity contribution is 6.21. The van der Waals surface area contributed by atoms with E-state index in [2.05, 4.69) is 10.6 Å². The van der Waals surface area contributed by atoms with Crippen LogP contribution in [0.5, 0.6) is 0 Å². The number of hydrogen-bond acceptors (Lipinski definition) is 7. The second-order valence-electron chi connectivity index (χ2n) is 9.53. The smallest absolute Gasteiger partial charge is 0.408 e. The molecule has 1 aliphatic heterocycles. The summed E-state index contributed by atoms with van der Waals surface area (Å²) in [4.78, 5) is 52.6. The lowest BCUT2D eigenvalue weighted by Gasteiger charge is -2.33. The first-order chi connectivity index (χ1) is 18.3. The van der Waals surface area contributed by atoms with Crippen molar-refractivity contribution in [1.82, 2.24) is 20.4 Å². The summed E-state index contributed by atoms with van der Waals surface area (Å²) in [5, 5.41) is 5.48. The quantitative estimate of drug-likeness (QED) is 0.167. The average Bonchev–Trinajstić information content (AvgIpc) is 3.13. The van der Waals surface area contributed by atoms with Crippen molar-refractivity contribution in [1.29, 1.82) is 0 Å². The van der Waals surface area contributed by atoms with Gasteiger partial charge in [-0.25, -0.2) is 14.5 Å². The molecule has 2 unspecified atom stereocenters. The van der Waals surface area contributed by atoms with Crippen LogP contribution in [-0.4, -0.2) is 72.4 Å². The Hall–Kier alpha value is -3.14. The number of unbranched alkanes of at least 4 members (excludes halogenated alkanes) is 5. The highest BCUT2D eigenvalue weighted by Gasteiger charge is 2.34. The molecule has 212 valence electrons. The van der Waals surface area contributed by atoms with Crippen molar-refractivity contribution in [3.8, 4) is 0 Å². The van der Waals surface area contributed by atoms with Gasteiger partial charge >= 0.3 is 12.2 Å². The minimum Gasteiger partial charge on any atom is -0.430 e. The molecule has 0 saturated carbocycles. The summed E-state index contributed by atoms with van der Waals surface area (Å²) in [7, 11) is 0. The molecule has 10 heteroatoms. The number of ether oxygens (including phenoxy) is 2. The molecule has 1 heterocycles. The van der Waals surface area contributed by atoms with Gasteiger partial charge in [-0.05, 0) is 51.7 Å². The Morgan fingerprint density at radius 3 is 1.74 bits per heavy atom. The summed E-state index contributed by atoms with van der Waals surface area (Å²) in [6, 6.07) is 6.90. The monoisotopic (exact) mass is 532 g/mol. The van der Waals surface area contributed by atoms with Gasteiger partial charge in [0.25, 0.3) is 11.8 Å². The van der Waals surface area contributed by atoms with Crippen LogP contribution in [0.3, 0.4) is 0 Å². The van der Waals surface area contributed by atoms with Crippen LogP contribution in [-0.2, 0) is 9.47 Å². The lowest BCUT2D eigenvalue weighted by molar-refractivity contribution is -0.0921. The minimum absolute atomic E-state index is 0.233. The Morgan fingerprint density at radius 2 is 1.26 bits per heavy atom. The molecule has 0 radical (unpaired) electrons. The van der Waals surface area contributed by atoms with Crippen LogP contribution in [0.25, 0.3) is 0 Å². The average molecular weight is 533 g/mol. The zero-order valence-corrected chi connectivity index (χ0v) is 23.3. The molecule has 38 heavy (non-hydrogen) atoms. The maximum atomic E-state index is 12.5. The first-order valence-corrected chi connectivity index (χ1v) is 13.9. The second kappa shape index (κ2) is 16.7. The maximum Gasteiger partial charge on any atom is 0.408 e. The number of nitrogens with one attached hydrogen (secondary N) is 2. The summed E-state index contributed by atoms with van der Waals surface area (Å²) in [5.74, 6) is -0.466. The Labute approximate surface area is 226 Å². The third-order valence-electron chi connectivity index (χ3n) is 6.51. The van der Waals surface area contributed by atoms with Crippen LogP contribution >= 0.6 is 0 Å². The fourth-order valence-electron chi connectivity index (χ4n) is 4.28. The van der Waals surface area contributed by atoms with Crippen LogP contribution < -0.4 is 10.6 Å². The predicted octanol–water partition coefficient (Wildman–Crippen LogP) is 4.89. The predicted molar refractivity (Wildman–Crippen MR) is 145 cm³/mol. The van der Waals surface area contributed by atoms with E-state index in [1.165, 1.54) is 4.90 Å². The summed E-state index contributed by atoms with van der Waals surface area (Å²) in [6.07, 6.45) is 4.57. The SMILES string of the molecule is CCCCNC(=O)OC(C)N(CCCCCCN1C(=O)c2ccccc2C1=O)C(C)OC(=O)NCCCC. The number of alkyl carbamates (subject to hydrolysis) is 2. The van der Waals surface area contributed by atoms with Gasteiger partial charge < -0.3 is 20.1 Å². The normalized spacial score (nSPS) is 14.3. The molecule has 0 bridgehead atoms. The summed E-state index contributed by atoms with van der Waals surface area (Å²) in [5.41, 5.74) is 0.933. The van der Waals surface area contributed by atoms with Crippen LogP contribution in [0.1, 0.15) is 99.8 Å². The fourth-order valence-corrected chi connectivity index (χ4v) is 4.28. The number of imide groups is 1. The third kappa shape index (κ3) is 9.63. The molecular weight excluding hydrogens is 488 g/mol. The molecule has 2 rings (SSSR count). The molecule has 2 N–H and O–H groups in total. The minimum atomic E-state index is -0.603. The van der Waals surface area contributed by atoms with Gasteiger partial charge in [0.2, 0.25) is 0 Å². The Bertz CT molecular complexity index is 859. The lowest BCUT2D eigenvalue weighted by atomic mass is 10.1. The number of benzene rings is 1. The Kier molecular flexibility index (Phi) is 13.6. The van der Waals surface area contributed by atoms with E-state index in [1.807, 2.05) is 18.7 Å². The fraction of sp³-hybridized carbons (Fsp3) is 0.643. The van der Waals surface area contributed by atoms with Crippen molar-refractivity contribution in [2.75, 3.05) is 26.2 Å². The van der Waals surface area contributed by atoms with Crippen molar-refractivity contribution < 1.29 is 28.7 Å². The lowest BCUT2D eigenvalue weighted by Crippen LogP contribution is -2.47. The van der Waals surface area contributed by atoms with Gasteiger partial charge in [-0.1, -0.05) is 51.7 Å². The molecule has 1 aromatic carbocycles. The van der Waals surface area contributed by atoms with Crippen molar-refractivity contribution in [2.24, 2.45) is 0 Å². The van der Waals surface area contributed by atoms with Gasteiger partial charge in [0.05, 0.1) is 11.1 Å². The Morgan fingerprint density at radius 1 is 0.789 bits per heavy atom. The molecule has 0 saturated heterocycles.